The molecular weight excluding hydrogens is 355 g/mol. The Morgan fingerprint density at radius 1 is 1.04 bits per heavy atom. The van der Waals surface area contributed by atoms with E-state index in [-0.39, 0.29) is 11.6 Å². The van der Waals surface area contributed by atoms with E-state index in [0.29, 0.717) is 43.1 Å². The SMILES string of the molecule is CC(=O)C1(c2ccccc2)CCN(c2nncc(-c3ccccc3F)n2)CC1. The van der Waals surface area contributed by atoms with Crippen LogP contribution in [0.15, 0.2) is 60.8 Å². The molecule has 2 heterocycles. The lowest BCUT2D eigenvalue weighted by Gasteiger charge is -2.40. The highest BCUT2D eigenvalue weighted by Crippen LogP contribution is 2.37. The fourth-order valence-electron chi connectivity index (χ4n) is 3.92. The molecule has 0 saturated carbocycles. The van der Waals surface area contributed by atoms with Crippen LogP contribution in [0.5, 0.6) is 0 Å². The third-order valence-electron chi connectivity index (χ3n) is 5.60. The molecular formula is C22H21FN4O. The van der Waals surface area contributed by atoms with E-state index in [1.54, 1.807) is 25.1 Å². The Kier molecular flexibility index (Phi) is 4.86. The van der Waals surface area contributed by atoms with Crippen molar-refractivity contribution in [1.29, 1.82) is 0 Å². The van der Waals surface area contributed by atoms with Crippen molar-refractivity contribution in [2.45, 2.75) is 25.2 Å². The quantitative estimate of drug-likeness (QED) is 0.693. The third kappa shape index (κ3) is 3.26. The minimum Gasteiger partial charge on any atom is -0.339 e. The molecule has 1 fully saturated rings. The first-order chi connectivity index (χ1) is 13.6. The van der Waals surface area contributed by atoms with Crippen molar-refractivity contribution in [3.63, 3.8) is 0 Å². The molecule has 2 aromatic carbocycles. The number of anilines is 1. The Balaban J connectivity index is 1.58. The van der Waals surface area contributed by atoms with Gasteiger partial charge >= 0.3 is 0 Å². The number of ketones is 1. The van der Waals surface area contributed by atoms with E-state index >= 15 is 0 Å². The largest absolute Gasteiger partial charge is 0.339 e. The van der Waals surface area contributed by atoms with Gasteiger partial charge in [0.25, 0.3) is 0 Å². The third-order valence-corrected chi connectivity index (χ3v) is 5.60. The van der Waals surface area contributed by atoms with Gasteiger partial charge in [0.15, 0.2) is 0 Å². The van der Waals surface area contributed by atoms with E-state index in [1.165, 1.54) is 12.3 Å². The van der Waals surface area contributed by atoms with Gasteiger partial charge in [-0.3, -0.25) is 4.79 Å². The first-order valence-corrected chi connectivity index (χ1v) is 9.36. The zero-order valence-electron chi connectivity index (χ0n) is 15.7. The van der Waals surface area contributed by atoms with Crippen molar-refractivity contribution in [1.82, 2.24) is 15.2 Å². The number of carbonyl (C=O) groups excluding carboxylic acids is 1. The fourth-order valence-corrected chi connectivity index (χ4v) is 3.92. The van der Waals surface area contributed by atoms with Gasteiger partial charge in [-0.2, -0.15) is 5.10 Å². The molecule has 0 amide bonds. The molecule has 3 aromatic rings. The standard InChI is InChI=1S/C22H21FN4O/c1-16(28)22(17-7-3-2-4-8-17)11-13-27(14-12-22)21-25-20(15-24-26-21)18-9-5-6-10-19(18)23/h2-10,15H,11-14H2,1H3. The van der Waals surface area contributed by atoms with Crippen LogP contribution in [0.25, 0.3) is 11.3 Å². The lowest BCUT2D eigenvalue weighted by atomic mass is 9.70. The molecule has 0 atom stereocenters. The second-order valence-electron chi connectivity index (χ2n) is 7.11. The summed E-state index contributed by atoms with van der Waals surface area (Å²) in [6, 6.07) is 16.4. The Morgan fingerprint density at radius 2 is 1.71 bits per heavy atom. The van der Waals surface area contributed by atoms with Crippen molar-refractivity contribution in [3.8, 4) is 11.3 Å². The zero-order valence-corrected chi connectivity index (χ0v) is 15.7. The van der Waals surface area contributed by atoms with E-state index in [4.69, 9.17) is 0 Å². The highest BCUT2D eigenvalue weighted by molar-refractivity contribution is 5.88. The van der Waals surface area contributed by atoms with Gasteiger partial charge in [0, 0.05) is 18.7 Å². The molecule has 6 heteroatoms. The summed E-state index contributed by atoms with van der Waals surface area (Å²) in [5, 5.41) is 8.16. The van der Waals surface area contributed by atoms with Crippen molar-refractivity contribution in [3.05, 3.63) is 72.2 Å². The first-order valence-electron chi connectivity index (χ1n) is 9.36. The monoisotopic (exact) mass is 376 g/mol. The minimum absolute atomic E-state index is 0.178. The molecule has 0 unspecified atom stereocenters. The maximum atomic E-state index is 14.1. The van der Waals surface area contributed by atoms with E-state index in [9.17, 15) is 9.18 Å². The predicted molar refractivity (Wildman–Crippen MR) is 105 cm³/mol. The lowest BCUT2D eigenvalue weighted by molar-refractivity contribution is -0.123. The normalized spacial score (nSPS) is 16.0. The van der Waals surface area contributed by atoms with E-state index < -0.39 is 5.41 Å². The Labute approximate surface area is 163 Å². The maximum absolute atomic E-state index is 14.1. The van der Waals surface area contributed by atoms with E-state index in [2.05, 4.69) is 15.2 Å². The molecule has 0 spiro atoms. The van der Waals surface area contributed by atoms with E-state index in [1.807, 2.05) is 35.2 Å². The van der Waals surface area contributed by atoms with Crippen LogP contribution in [0.2, 0.25) is 0 Å². The number of nitrogens with zero attached hydrogens (tertiary/aromatic N) is 4. The number of rotatable bonds is 4. The Bertz CT molecular complexity index is 985. The number of hydrogen-bond donors (Lipinski definition) is 0. The fraction of sp³-hybridized carbons (Fsp3) is 0.273. The number of hydrogen-bond acceptors (Lipinski definition) is 5. The molecule has 1 saturated heterocycles. The van der Waals surface area contributed by atoms with Crippen LogP contribution in [0.4, 0.5) is 10.3 Å². The second-order valence-corrected chi connectivity index (χ2v) is 7.11. The average Bonchev–Trinajstić information content (AvgIpc) is 2.75. The van der Waals surface area contributed by atoms with Gasteiger partial charge in [-0.05, 0) is 37.5 Å². The molecule has 0 radical (unpaired) electrons. The number of halogens is 1. The summed E-state index contributed by atoms with van der Waals surface area (Å²) in [6.45, 7) is 2.94. The van der Waals surface area contributed by atoms with Crippen molar-refractivity contribution in [2.75, 3.05) is 18.0 Å². The topological polar surface area (TPSA) is 59.0 Å². The molecule has 0 N–H and O–H groups in total. The van der Waals surface area contributed by atoms with Crippen LogP contribution in [-0.4, -0.2) is 34.1 Å². The molecule has 1 aromatic heterocycles. The minimum atomic E-state index is -0.478. The van der Waals surface area contributed by atoms with Gasteiger partial charge in [-0.1, -0.05) is 42.5 Å². The average molecular weight is 376 g/mol. The summed E-state index contributed by atoms with van der Waals surface area (Å²) >= 11 is 0. The summed E-state index contributed by atoms with van der Waals surface area (Å²) in [5.41, 5.74) is 1.43. The van der Waals surface area contributed by atoms with Crippen molar-refractivity contribution >= 4 is 11.7 Å². The van der Waals surface area contributed by atoms with Crippen molar-refractivity contribution in [2.24, 2.45) is 0 Å². The second kappa shape index (κ2) is 7.46. The van der Waals surface area contributed by atoms with Crippen molar-refractivity contribution < 1.29 is 9.18 Å². The molecule has 0 bridgehead atoms. The Morgan fingerprint density at radius 3 is 2.39 bits per heavy atom. The summed E-state index contributed by atoms with van der Waals surface area (Å²) in [5.74, 6) is 0.302. The van der Waals surface area contributed by atoms with Crippen LogP contribution >= 0.6 is 0 Å². The van der Waals surface area contributed by atoms with Gasteiger partial charge in [0.1, 0.15) is 11.6 Å². The van der Waals surface area contributed by atoms with Crippen LogP contribution in [0, 0.1) is 5.82 Å². The summed E-state index contributed by atoms with van der Waals surface area (Å²) in [4.78, 5) is 19.1. The smallest absolute Gasteiger partial charge is 0.245 e. The number of aromatic nitrogens is 3. The summed E-state index contributed by atoms with van der Waals surface area (Å²) < 4.78 is 14.1. The highest BCUT2D eigenvalue weighted by atomic mass is 19.1. The number of Topliss-reactive ketones (excluding diaryl/α,β-unsaturated/α-hetero) is 1. The van der Waals surface area contributed by atoms with Crippen LogP contribution in [0.3, 0.4) is 0 Å². The number of piperidine rings is 1. The number of benzene rings is 2. The molecule has 4 rings (SSSR count). The number of carbonyl (C=O) groups is 1. The summed E-state index contributed by atoms with van der Waals surface area (Å²) in [6.07, 6.45) is 2.83. The van der Waals surface area contributed by atoms with Crippen LogP contribution in [-0.2, 0) is 10.2 Å². The van der Waals surface area contributed by atoms with Gasteiger partial charge in [-0.15, -0.1) is 5.10 Å². The highest BCUT2D eigenvalue weighted by Gasteiger charge is 2.40. The first kappa shape index (κ1) is 18.2. The zero-order chi connectivity index (χ0) is 19.6. The molecule has 142 valence electrons. The Hall–Kier alpha value is -3.15. The maximum Gasteiger partial charge on any atom is 0.245 e. The predicted octanol–water partition coefficient (Wildman–Crippen LogP) is 3.80. The lowest BCUT2D eigenvalue weighted by Crippen LogP contribution is -2.47. The summed E-state index contributed by atoms with van der Waals surface area (Å²) in [7, 11) is 0. The van der Waals surface area contributed by atoms with E-state index in [0.717, 1.165) is 5.56 Å². The van der Waals surface area contributed by atoms with Crippen LogP contribution < -0.4 is 4.90 Å². The molecule has 1 aliphatic heterocycles. The molecule has 28 heavy (non-hydrogen) atoms. The van der Waals surface area contributed by atoms with Gasteiger partial charge in [0.05, 0.1) is 17.3 Å². The molecule has 5 nitrogen and oxygen atoms in total. The van der Waals surface area contributed by atoms with Gasteiger partial charge in [-0.25, -0.2) is 9.37 Å². The molecule has 0 aliphatic carbocycles. The van der Waals surface area contributed by atoms with Gasteiger partial charge < -0.3 is 4.90 Å². The van der Waals surface area contributed by atoms with Gasteiger partial charge in [0.2, 0.25) is 5.95 Å². The van der Waals surface area contributed by atoms with Crippen LogP contribution in [0.1, 0.15) is 25.3 Å². The molecule has 1 aliphatic rings.